The molecule has 6 heteroatoms. The number of rotatable bonds is 3. The quantitative estimate of drug-likeness (QED) is 0.802. The Bertz CT molecular complexity index is 766. The summed E-state index contributed by atoms with van der Waals surface area (Å²) in [4.78, 5) is 17.2. The van der Waals surface area contributed by atoms with Crippen LogP contribution in [0.5, 0.6) is 0 Å². The molecule has 0 fully saturated rings. The Morgan fingerprint density at radius 1 is 1.40 bits per heavy atom. The van der Waals surface area contributed by atoms with E-state index >= 15 is 0 Å². The van der Waals surface area contributed by atoms with Crippen LogP contribution in [0.1, 0.15) is 11.3 Å². The zero-order valence-corrected chi connectivity index (χ0v) is 11.2. The van der Waals surface area contributed by atoms with E-state index in [0.717, 1.165) is 10.7 Å². The number of aromatic nitrogens is 2. The zero-order chi connectivity index (χ0) is 13.9. The molecule has 0 atom stereocenters. The van der Waals surface area contributed by atoms with Crippen LogP contribution in [-0.4, -0.2) is 15.3 Å². The first-order chi connectivity index (χ1) is 9.74. The van der Waals surface area contributed by atoms with Crippen molar-refractivity contribution in [1.29, 1.82) is 5.26 Å². The van der Waals surface area contributed by atoms with Gasteiger partial charge in [0.1, 0.15) is 0 Å². The van der Waals surface area contributed by atoms with Crippen LogP contribution in [0.3, 0.4) is 0 Å². The molecule has 0 saturated carbocycles. The van der Waals surface area contributed by atoms with Crippen molar-refractivity contribution < 1.29 is 4.79 Å². The van der Waals surface area contributed by atoms with Crippen LogP contribution in [0.2, 0.25) is 0 Å². The average molecular weight is 282 g/mol. The Kier molecular flexibility index (Phi) is 3.19. The normalized spacial score (nSPS) is 10.3. The van der Waals surface area contributed by atoms with Crippen LogP contribution in [-0.2, 0) is 11.2 Å². The largest absolute Gasteiger partial charge is 0.326 e. The minimum Gasteiger partial charge on any atom is -0.326 e. The molecule has 0 aliphatic carbocycles. The van der Waals surface area contributed by atoms with Gasteiger partial charge in [0.15, 0.2) is 4.96 Å². The second-order valence-electron chi connectivity index (χ2n) is 4.24. The maximum atomic E-state index is 11.9. The maximum Gasteiger partial charge on any atom is 0.230 e. The van der Waals surface area contributed by atoms with Crippen molar-refractivity contribution in [2.45, 2.75) is 6.42 Å². The Balaban J connectivity index is 1.67. The standard InChI is InChI=1S/C14H10N4OS/c15-8-10-1-3-11(4-2-10)16-13(19)7-12-9-18-5-6-20-14(18)17-12/h1-6,9H,7H2,(H,16,19). The molecule has 0 bridgehead atoms. The second-order valence-corrected chi connectivity index (χ2v) is 5.11. The number of benzene rings is 1. The molecule has 2 heterocycles. The highest BCUT2D eigenvalue weighted by atomic mass is 32.1. The smallest absolute Gasteiger partial charge is 0.230 e. The molecule has 1 N–H and O–H groups in total. The third kappa shape index (κ3) is 2.53. The van der Waals surface area contributed by atoms with Gasteiger partial charge in [-0.3, -0.25) is 9.20 Å². The molecule has 5 nitrogen and oxygen atoms in total. The van der Waals surface area contributed by atoms with Gasteiger partial charge in [-0.05, 0) is 24.3 Å². The Morgan fingerprint density at radius 3 is 2.90 bits per heavy atom. The molecule has 98 valence electrons. The van der Waals surface area contributed by atoms with E-state index in [1.54, 1.807) is 24.3 Å². The summed E-state index contributed by atoms with van der Waals surface area (Å²) in [6, 6.07) is 8.79. The van der Waals surface area contributed by atoms with Crippen LogP contribution < -0.4 is 5.32 Å². The number of carbonyl (C=O) groups excluding carboxylic acids is 1. The number of hydrogen-bond donors (Lipinski definition) is 1. The van der Waals surface area contributed by atoms with E-state index in [1.165, 1.54) is 11.3 Å². The first kappa shape index (κ1) is 12.4. The van der Waals surface area contributed by atoms with E-state index in [4.69, 9.17) is 5.26 Å². The van der Waals surface area contributed by atoms with Crippen molar-refractivity contribution >= 4 is 27.9 Å². The first-order valence-electron chi connectivity index (χ1n) is 5.96. The summed E-state index contributed by atoms with van der Waals surface area (Å²) in [7, 11) is 0. The van der Waals surface area contributed by atoms with Gasteiger partial charge in [-0.25, -0.2) is 4.98 Å². The number of amides is 1. The lowest BCUT2D eigenvalue weighted by Gasteiger charge is -2.03. The molecule has 20 heavy (non-hydrogen) atoms. The molecule has 0 radical (unpaired) electrons. The molecule has 1 aromatic carbocycles. The lowest BCUT2D eigenvalue weighted by atomic mass is 10.2. The van der Waals surface area contributed by atoms with Gasteiger partial charge in [0.25, 0.3) is 0 Å². The Morgan fingerprint density at radius 2 is 2.20 bits per heavy atom. The van der Waals surface area contributed by atoms with Crippen molar-refractivity contribution in [3.8, 4) is 6.07 Å². The number of thiazole rings is 1. The molecular weight excluding hydrogens is 272 g/mol. The van der Waals surface area contributed by atoms with Crippen molar-refractivity contribution in [3.63, 3.8) is 0 Å². The highest BCUT2D eigenvalue weighted by Crippen LogP contribution is 2.13. The highest BCUT2D eigenvalue weighted by Gasteiger charge is 2.08. The van der Waals surface area contributed by atoms with Gasteiger partial charge >= 0.3 is 0 Å². The monoisotopic (exact) mass is 282 g/mol. The molecule has 2 aromatic heterocycles. The predicted molar refractivity (Wildman–Crippen MR) is 76.6 cm³/mol. The van der Waals surface area contributed by atoms with E-state index < -0.39 is 0 Å². The third-order valence-corrected chi connectivity index (χ3v) is 3.55. The molecule has 3 rings (SSSR count). The number of carbonyl (C=O) groups is 1. The molecule has 0 unspecified atom stereocenters. The van der Waals surface area contributed by atoms with Gasteiger partial charge in [-0.15, -0.1) is 11.3 Å². The molecule has 0 aliphatic rings. The number of nitrogens with one attached hydrogen (secondary N) is 1. The van der Waals surface area contributed by atoms with E-state index in [9.17, 15) is 4.79 Å². The number of fused-ring (bicyclic) bond motifs is 1. The molecule has 1 amide bonds. The van der Waals surface area contributed by atoms with Crippen LogP contribution in [0.4, 0.5) is 5.69 Å². The number of hydrogen-bond acceptors (Lipinski definition) is 4. The fourth-order valence-electron chi connectivity index (χ4n) is 1.86. The van der Waals surface area contributed by atoms with Crippen LogP contribution >= 0.6 is 11.3 Å². The Hall–Kier alpha value is -2.65. The van der Waals surface area contributed by atoms with Gasteiger partial charge in [0.2, 0.25) is 5.91 Å². The minimum absolute atomic E-state index is 0.125. The van der Waals surface area contributed by atoms with Crippen LogP contribution in [0.15, 0.2) is 42.0 Å². The summed E-state index contributed by atoms with van der Waals surface area (Å²) in [5.41, 5.74) is 1.98. The van der Waals surface area contributed by atoms with Crippen molar-refractivity contribution in [3.05, 3.63) is 53.3 Å². The highest BCUT2D eigenvalue weighted by molar-refractivity contribution is 7.15. The van der Waals surface area contributed by atoms with E-state index in [1.807, 2.05) is 28.2 Å². The maximum absolute atomic E-state index is 11.9. The molecule has 0 aliphatic heterocycles. The van der Waals surface area contributed by atoms with Gasteiger partial charge in [-0.2, -0.15) is 5.26 Å². The fourth-order valence-corrected chi connectivity index (χ4v) is 2.58. The Labute approximate surface area is 119 Å². The summed E-state index contributed by atoms with van der Waals surface area (Å²) in [6.45, 7) is 0. The molecule has 0 spiro atoms. The number of imidazole rings is 1. The van der Waals surface area contributed by atoms with E-state index in [0.29, 0.717) is 11.3 Å². The van der Waals surface area contributed by atoms with Crippen LogP contribution in [0, 0.1) is 11.3 Å². The summed E-state index contributed by atoms with van der Waals surface area (Å²) in [5.74, 6) is -0.125. The average Bonchev–Trinajstić information content (AvgIpc) is 3.00. The van der Waals surface area contributed by atoms with Gasteiger partial charge in [0.05, 0.1) is 23.7 Å². The van der Waals surface area contributed by atoms with Gasteiger partial charge in [0, 0.05) is 23.5 Å². The van der Waals surface area contributed by atoms with Gasteiger partial charge in [-0.1, -0.05) is 0 Å². The zero-order valence-electron chi connectivity index (χ0n) is 10.4. The molecule has 0 saturated heterocycles. The minimum atomic E-state index is -0.125. The van der Waals surface area contributed by atoms with E-state index in [2.05, 4.69) is 10.3 Å². The topological polar surface area (TPSA) is 70.2 Å². The lowest BCUT2D eigenvalue weighted by molar-refractivity contribution is -0.115. The first-order valence-corrected chi connectivity index (χ1v) is 6.83. The van der Waals surface area contributed by atoms with E-state index in [-0.39, 0.29) is 12.3 Å². The fraction of sp³-hybridized carbons (Fsp3) is 0.0714. The van der Waals surface area contributed by atoms with Gasteiger partial charge < -0.3 is 5.32 Å². The second kappa shape index (κ2) is 5.15. The number of anilines is 1. The van der Waals surface area contributed by atoms with Crippen LogP contribution in [0.25, 0.3) is 4.96 Å². The summed E-state index contributed by atoms with van der Waals surface area (Å²) in [6.07, 6.45) is 3.99. The predicted octanol–water partition coefficient (Wildman–Crippen LogP) is 2.45. The number of nitriles is 1. The van der Waals surface area contributed by atoms with Crippen molar-refractivity contribution in [1.82, 2.24) is 9.38 Å². The summed E-state index contributed by atoms with van der Waals surface area (Å²) >= 11 is 1.53. The third-order valence-electron chi connectivity index (χ3n) is 2.78. The molecule has 3 aromatic rings. The molecular formula is C14H10N4OS. The van der Waals surface area contributed by atoms with Crippen molar-refractivity contribution in [2.75, 3.05) is 5.32 Å². The number of nitrogens with zero attached hydrogens (tertiary/aromatic N) is 3. The summed E-state index contributed by atoms with van der Waals surface area (Å²) < 4.78 is 1.90. The van der Waals surface area contributed by atoms with Crippen molar-refractivity contribution in [2.24, 2.45) is 0 Å². The summed E-state index contributed by atoms with van der Waals surface area (Å²) in [5, 5.41) is 13.4. The SMILES string of the molecule is N#Cc1ccc(NC(=O)Cc2cn3ccsc3n2)cc1. The lowest BCUT2D eigenvalue weighted by Crippen LogP contribution is -2.14.